The number of alkyl halides is 9. The molecule has 0 amide bonds. The van der Waals surface area contributed by atoms with Crippen LogP contribution in [0, 0.1) is 0 Å². The highest BCUT2D eigenvalue weighted by Gasteiger charge is 2.58. The first kappa shape index (κ1) is 26.7. The molecule has 0 aliphatic carbocycles. The summed E-state index contributed by atoms with van der Waals surface area (Å²) in [5, 5.41) is -2.04. The van der Waals surface area contributed by atoms with Crippen LogP contribution in [0.5, 0.6) is 0 Å². The predicted molar refractivity (Wildman–Crippen MR) is 126 cm³/mol. The third-order valence-electron chi connectivity index (χ3n) is 5.86. The minimum atomic E-state index is -5.06. The van der Waals surface area contributed by atoms with Crippen molar-refractivity contribution in [3.8, 4) is 0 Å². The molecule has 0 nitrogen and oxygen atoms in total. The molecule has 0 aliphatic rings. The molecule has 0 unspecified atom stereocenters. The van der Waals surface area contributed by atoms with Crippen molar-refractivity contribution in [2.45, 2.75) is 18.5 Å². The largest absolute Gasteiger partial charge is 0.420 e. The number of halogens is 9. The molecule has 0 radical (unpaired) electrons. The molecule has 37 heavy (non-hydrogen) atoms. The molecule has 0 spiro atoms. The Morgan fingerprint density at radius 2 is 0.622 bits per heavy atom. The van der Waals surface area contributed by atoms with Crippen LogP contribution in [0.3, 0.4) is 0 Å². The van der Waals surface area contributed by atoms with Gasteiger partial charge in [-0.2, -0.15) is 39.5 Å². The first-order chi connectivity index (χ1) is 17.3. The molecule has 0 fully saturated rings. The van der Waals surface area contributed by atoms with Crippen molar-refractivity contribution in [2.75, 3.05) is 0 Å². The highest BCUT2D eigenvalue weighted by atomic mass is 31.2. The zero-order valence-electron chi connectivity index (χ0n) is 18.7. The Morgan fingerprint density at radius 1 is 0.351 bits per heavy atom. The zero-order chi connectivity index (χ0) is 27.1. The van der Waals surface area contributed by atoms with Crippen LogP contribution in [-0.4, -0.2) is 0 Å². The van der Waals surface area contributed by atoms with E-state index in [9.17, 15) is 39.5 Å². The lowest BCUT2D eigenvalue weighted by atomic mass is 10.2. The Bertz CT molecular complexity index is 1250. The number of benzene rings is 4. The van der Waals surface area contributed by atoms with Crippen LogP contribution in [0.25, 0.3) is 0 Å². The maximum absolute atomic E-state index is 14.4. The van der Waals surface area contributed by atoms with Gasteiger partial charge in [-0.3, -0.25) is 0 Å². The van der Waals surface area contributed by atoms with E-state index in [-0.39, 0.29) is 5.30 Å². The van der Waals surface area contributed by atoms with E-state index in [0.29, 0.717) is 18.2 Å². The van der Waals surface area contributed by atoms with Crippen molar-refractivity contribution in [1.29, 1.82) is 0 Å². The van der Waals surface area contributed by atoms with Gasteiger partial charge in [0.2, 0.25) is 0 Å². The standard InChI is InChI=1S/C27H17F9P/c28-25(29,30)19-12-4-7-15-22(19)37(18-10-2-1-3-11-18,23-16-8-5-13-20(23)26(31,32)33)24-17-9-6-14-21(24)27(34,35)36/h1-17H/q+1. The van der Waals surface area contributed by atoms with Crippen LogP contribution in [-0.2, 0) is 18.5 Å². The van der Waals surface area contributed by atoms with Crippen LogP contribution >= 0.6 is 7.26 Å². The summed E-state index contributed by atoms with van der Waals surface area (Å²) in [5.41, 5.74) is -3.91. The van der Waals surface area contributed by atoms with Gasteiger partial charge in [-0.05, 0) is 48.5 Å². The van der Waals surface area contributed by atoms with Crippen LogP contribution in [0.2, 0.25) is 0 Å². The van der Waals surface area contributed by atoms with Gasteiger partial charge in [0, 0.05) is 0 Å². The molecule has 4 aromatic carbocycles. The lowest BCUT2D eigenvalue weighted by Gasteiger charge is -2.32. The molecular formula is C27H17F9P+. The van der Waals surface area contributed by atoms with Gasteiger partial charge in [0.15, 0.2) is 0 Å². The fourth-order valence-corrected chi connectivity index (χ4v) is 9.33. The Balaban J connectivity index is 2.36. The monoisotopic (exact) mass is 543 g/mol. The maximum atomic E-state index is 14.4. The van der Waals surface area contributed by atoms with Crippen LogP contribution in [0.4, 0.5) is 39.5 Å². The van der Waals surface area contributed by atoms with Crippen molar-refractivity contribution in [3.63, 3.8) is 0 Å². The molecule has 0 aromatic heterocycles. The highest BCUT2D eigenvalue weighted by molar-refractivity contribution is 8.01. The summed E-state index contributed by atoms with van der Waals surface area (Å²) in [7, 11) is -4.47. The summed E-state index contributed by atoms with van der Waals surface area (Å²) in [5.74, 6) is 0. The normalized spacial score (nSPS) is 13.0. The third kappa shape index (κ3) is 4.85. The summed E-state index contributed by atoms with van der Waals surface area (Å²) in [6, 6.07) is 18.5. The van der Waals surface area contributed by atoms with E-state index in [0.717, 1.165) is 36.4 Å². The fourth-order valence-electron chi connectivity index (χ4n) is 4.48. The quantitative estimate of drug-likeness (QED) is 0.186. The predicted octanol–water partition coefficient (Wildman–Crippen LogP) is 7.36. The van der Waals surface area contributed by atoms with Crippen molar-refractivity contribution in [2.24, 2.45) is 0 Å². The van der Waals surface area contributed by atoms with Crippen LogP contribution < -0.4 is 21.2 Å². The van der Waals surface area contributed by atoms with E-state index >= 15 is 0 Å². The summed E-state index contributed by atoms with van der Waals surface area (Å²) in [6.45, 7) is 0. The van der Waals surface area contributed by atoms with E-state index in [1.54, 1.807) is 0 Å². The molecule has 0 heterocycles. The second-order valence-electron chi connectivity index (χ2n) is 8.05. The van der Waals surface area contributed by atoms with Gasteiger partial charge in [0.25, 0.3) is 0 Å². The van der Waals surface area contributed by atoms with Crippen molar-refractivity contribution < 1.29 is 39.5 Å². The number of rotatable bonds is 4. The summed E-state index contributed by atoms with van der Waals surface area (Å²) < 4.78 is 129. The van der Waals surface area contributed by atoms with Crippen molar-refractivity contribution in [1.82, 2.24) is 0 Å². The first-order valence-electron chi connectivity index (χ1n) is 10.7. The molecule has 10 heteroatoms. The van der Waals surface area contributed by atoms with Crippen molar-refractivity contribution >= 4 is 28.5 Å². The van der Waals surface area contributed by atoms with Gasteiger partial charge in [-0.1, -0.05) is 54.6 Å². The number of hydrogen-bond donors (Lipinski definition) is 0. The summed E-state index contributed by atoms with van der Waals surface area (Å²) >= 11 is 0. The van der Waals surface area contributed by atoms with E-state index in [2.05, 4.69) is 0 Å². The molecule has 192 valence electrons. The average Bonchev–Trinajstić information content (AvgIpc) is 2.84. The van der Waals surface area contributed by atoms with E-state index in [1.165, 1.54) is 48.5 Å². The molecule has 0 saturated carbocycles. The molecular weight excluding hydrogens is 526 g/mol. The van der Waals surface area contributed by atoms with Crippen LogP contribution in [0.15, 0.2) is 103 Å². The summed E-state index contributed by atoms with van der Waals surface area (Å²) in [4.78, 5) is 0. The van der Waals surface area contributed by atoms with Crippen LogP contribution in [0.1, 0.15) is 16.7 Å². The Labute approximate surface area is 206 Å². The molecule has 0 bridgehead atoms. The molecule has 0 aliphatic heterocycles. The van der Waals surface area contributed by atoms with Gasteiger partial charge < -0.3 is 0 Å². The Morgan fingerprint density at radius 3 is 0.919 bits per heavy atom. The fraction of sp³-hybridized carbons (Fsp3) is 0.111. The SMILES string of the molecule is FC(F)(F)c1ccccc1[P+](c1ccccc1)(c1ccccc1C(F)(F)F)c1ccccc1C(F)(F)F. The lowest BCUT2D eigenvalue weighted by Crippen LogP contribution is -2.45. The van der Waals surface area contributed by atoms with Gasteiger partial charge in [-0.25, -0.2) is 0 Å². The topological polar surface area (TPSA) is 0 Å². The second-order valence-corrected chi connectivity index (χ2v) is 11.4. The molecule has 4 aromatic rings. The third-order valence-corrected chi connectivity index (χ3v) is 10.3. The van der Waals surface area contributed by atoms with E-state index in [4.69, 9.17) is 0 Å². The van der Waals surface area contributed by atoms with Gasteiger partial charge >= 0.3 is 18.5 Å². The molecule has 0 saturated heterocycles. The summed E-state index contributed by atoms with van der Waals surface area (Å²) in [6.07, 6.45) is -15.2. The van der Waals surface area contributed by atoms with Gasteiger partial charge in [-0.15, -0.1) is 0 Å². The molecule has 4 rings (SSSR count). The minimum Gasteiger partial charge on any atom is -0.166 e. The average molecular weight is 543 g/mol. The van der Waals surface area contributed by atoms with Gasteiger partial charge in [0.1, 0.15) is 28.5 Å². The zero-order valence-corrected chi connectivity index (χ0v) is 19.6. The van der Waals surface area contributed by atoms with Crippen molar-refractivity contribution in [3.05, 3.63) is 120 Å². The van der Waals surface area contributed by atoms with Gasteiger partial charge in [0.05, 0.1) is 16.7 Å². The molecule has 0 N–H and O–H groups in total. The van der Waals surface area contributed by atoms with E-state index in [1.807, 2.05) is 0 Å². The smallest absolute Gasteiger partial charge is 0.166 e. The Kier molecular flexibility index (Phi) is 6.88. The highest BCUT2D eigenvalue weighted by Crippen LogP contribution is 2.59. The van der Waals surface area contributed by atoms with E-state index < -0.39 is 58.4 Å². The second kappa shape index (κ2) is 9.53. The number of hydrogen-bond acceptors (Lipinski definition) is 0. The maximum Gasteiger partial charge on any atom is 0.420 e. The minimum absolute atomic E-state index is 0.0832. The Hall–Kier alpha value is -3.32. The molecule has 0 atom stereocenters. The first-order valence-corrected chi connectivity index (χ1v) is 12.5. The lowest BCUT2D eigenvalue weighted by molar-refractivity contribution is -0.137.